The third-order valence-corrected chi connectivity index (χ3v) is 4.41. The first-order valence-electron chi connectivity index (χ1n) is 4.74. The van der Waals surface area contributed by atoms with E-state index in [1.165, 1.54) is 14.1 Å². The fourth-order valence-electron chi connectivity index (χ4n) is 1.15. The van der Waals surface area contributed by atoms with Crippen LogP contribution < -0.4 is 4.72 Å². The summed E-state index contributed by atoms with van der Waals surface area (Å²) >= 11 is 0. The second-order valence-corrected chi connectivity index (χ2v) is 7.70. The largest absolute Gasteiger partial charge is 0.281 e. The van der Waals surface area contributed by atoms with Gasteiger partial charge in [0.15, 0.2) is 0 Å². The van der Waals surface area contributed by atoms with Gasteiger partial charge < -0.3 is 0 Å². The summed E-state index contributed by atoms with van der Waals surface area (Å²) in [6.45, 7) is 0. The molecule has 9 heteroatoms. The lowest BCUT2D eigenvalue weighted by atomic mass is 10.3. The van der Waals surface area contributed by atoms with Gasteiger partial charge in [0.05, 0.1) is 16.8 Å². The zero-order chi connectivity index (χ0) is 14.1. The molecular formula is C9H13FN2O4S2. The average molecular weight is 296 g/mol. The third-order valence-electron chi connectivity index (χ3n) is 2.01. The summed E-state index contributed by atoms with van der Waals surface area (Å²) in [6, 6.07) is 2.90. The van der Waals surface area contributed by atoms with Crippen molar-refractivity contribution in [2.45, 2.75) is 4.90 Å². The molecule has 0 bridgehead atoms. The molecule has 1 N–H and O–H groups in total. The van der Waals surface area contributed by atoms with E-state index in [4.69, 9.17) is 0 Å². The molecule has 0 spiro atoms. The summed E-state index contributed by atoms with van der Waals surface area (Å²) in [4.78, 5) is -0.194. The van der Waals surface area contributed by atoms with Crippen molar-refractivity contribution in [1.29, 1.82) is 0 Å². The summed E-state index contributed by atoms with van der Waals surface area (Å²) in [5.74, 6) is -0.849. The van der Waals surface area contributed by atoms with Crippen molar-refractivity contribution in [2.75, 3.05) is 25.1 Å². The Balaban J connectivity index is 3.33. The minimum atomic E-state index is -3.74. The van der Waals surface area contributed by atoms with Crippen LogP contribution >= 0.6 is 0 Å². The number of hydrogen-bond acceptors (Lipinski definition) is 4. The Morgan fingerprint density at radius 1 is 1.17 bits per heavy atom. The molecule has 1 aromatic carbocycles. The first kappa shape index (κ1) is 14.9. The summed E-state index contributed by atoms with van der Waals surface area (Å²) in [7, 11) is -4.78. The van der Waals surface area contributed by atoms with E-state index in [1.807, 2.05) is 4.72 Å². The molecule has 0 unspecified atom stereocenters. The lowest BCUT2D eigenvalue weighted by Gasteiger charge is -2.13. The quantitative estimate of drug-likeness (QED) is 0.874. The van der Waals surface area contributed by atoms with Gasteiger partial charge in [-0.25, -0.2) is 25.5 Å². The summed E-state index contributed by atoms with van der Waals surface area (Å²) in [6.07, 6.45) is 0.847. The number of hydrogen-bond donors (Lipinski definition) is 1. The van der Waals surface area contributed by atoms with Crippen LogP contribution in [0.3, 0.4) is 0 Å². The average Bonchev–Trinajstić information content (AvgIpc) is 2.18. The maximum absolute atomic E-state index is 13.4. The summed E-state index contributed by atoms with van der Waals surface area (Å²) < 4.78 is 61.8. The molecule has 0 amide bonds. The second kappa shape index (κ2) is 4.82. The van der Waals surface area contributed by atoms with E-state index in [-0.39, 0.29) is 4.90 Å². The van der Waals surface area contributed by atoms with Gasteiger partial charge in [0, 0.05) is 14.1 Å². The Hall–Kier alpha value is -1.19. The number of nitrogens with one attached hydrogen (secondary N) is 1. The molecule has 0 saturated carbocycles. The van der Waals surface area contributed by atoms with Gasteiger partial charge in [0.25, 0.3) is 0 Å². The number of anilines is 1. The molecule has 0 heterocycles. The molecule has 0 radical (unpaired) electrons. The number of halogens is 1. The Kier molecular flexibility index (Phi) is 3.99. The van der Waals surface area contributed by atoms with E-state index < -0.39 is 31.6 Å². The Bertz CT molecular complexity index is 653. The van der Waals surface area contributed by atoms with Gasteiger partial charge in [-0.3, -0.25) is 4.72 Å². The maximum atomic E-state index is 13.4. The summed E-state index contributed by atoms with van der Waals surface area (Å²) in [5.41, 5.74) is -0.402. The molecule has 0 aliphatic rings. The molecule has 0 aliphatic heterocycles. The number of nitrogens with zero attached hydrogens (tertiary/aromatic N) is 1. The normalized spacial score (nSPS) is 12.7. The highest BCUT2D eigenvalue weighted by Gasteiger charge is 2.19. The Morgan fingerprint density at radius 2 is 1.72 bits per heavy atom. The van der Waals surface area contributed by atoms with Gasteiger partial charge in [0.1, 0.15) is 5.82 Å². The van der Waals surface area contributed by atoms with Crippen molar-refractivity contribution in [3.8, 4) is 0 Å². The standard InChI is InChI=1S/C9H13FN2O4S2/c1-12(2)18(15,16)7-4-5-8(10)9(6-7)11-17(3,13)14/h4-6,11H,1-3H3. The van der Waals surface area contributed by atoms with Crippen molar-refractivity contribution in [2.24, 2.45) is 0 Å². The van der Waals surface area contributed by atoms with Crippen molar-refractivity contribution >= 4 is 25.7 Å². The van der Waals surface area contributed by atoms with Crippen molar-refractivity contribution in [3.63, 3.8) is 0 Å². The van der Waals surface area contributed by atoms with Crippen LogP contribution in [0.25, 0.3) is 0 Å². The molecule has 102 valence electrons. The molecule has 0 aliphatic carbocycles. The highest BCUT2D eigenvalue weighted by atomic mass is 32.2. The number of sulfonamides is 2. The number of rotatable bonds is 4. The van der Waals surface area contributed by atoms with E-state index in [2.05, 4.69) is 0 Å². The predicted octanol–water partition coefficient (Wildman–Crippen LogP) is 0.448. The second-order valence-electron chi connectivity index (χ2n) is 3.80. The van der Waals surface area contributed by atoms with Crippen LogP contribution in [0, 0.1) is 5.82 Å². The van der Waals surface area contributed by atoms with Crippen LogP contribution in [0.5, 0.6) is 0 Å². The van der Waals surface area contributed by atoms with Crippen molar-refractivity contribution in [1.82, 2.24) is 4.31 Å². The minimum absolute atomic E-state index is 0.194. The molecule has 0 saturated heterocycles. The first-order valence-corrected chi connectivity index (χ1v) is 8.07. The molecule has 0 aromatic heterocycles. The Labute approximate surface area is 106 Å². The molecule has 0 atom stereocenters. The highest BCUT2D eigenvalue weighted by molar-refractivity contribution is 7.92. The fourth-order valence-corrected chi connectivity index (χ4v) is 2.64. The number of benzene rings is 1. The molecule has 0 fully saturated rings. The van der Waals surface area contributed by atoms with Crippen LogP contribution in [-0.4, -0.2) is 41.5 Å². The molecule has 1 rings (SSSR count). The van der Waals surface area contributed by atoms with Gasteiger partial charge in [-0.05, 0) is 18.2 Å². The van der Waals surface area contributed by atoms with Crippen molar-refractivity contribution < 1.29 is 21.2 Å². The van der Waals surface area contributed by atoms with Gasteiger partial charge >= 0.3 is 0 Å². The van der Waals surface area contributed by atoms with Crippen LogP contribution in [0.2, 0.25) is 0 Å². The fraction of sp³-hybridized carbons (Fsp3) is 0.333. The predicted molar refractivity (Wildman–Crippen MR) is 65.7 cm³/mol. The van der Waals surface area contributed by atoms with Crippen LogP contribution in [0.4, 0.5) is 10.1 Å². The molecule has 1 aromatic rings. The third kappa shape index (κ3) is 3.40. The van der Waals surface area contributed by atoms with Gasteiger partial charge in [-0.1, -0.05) is 0 Å². The summed E-state index contributed by atoms with van der Waals surface area (Å²) in [5, 5.41) is 0. The van der Waals surface area contributed by atoms with E-state index in [0.29, 0.717) is 0 Å². The zero-order valence-electron chi connectivity index (χ0n) is 10.0. The van der Waals surface area contributed by atoms with E-state index in [9.17, 15) is 21.2 Å². The van der Waals surface area contributed by atoms with Crippen molar-refractivity contribution in [3.05, 3.63) is 24.0 Å². The lowest BCUT2D eigenvalue weighted by Crippen LogP contribution is -2.22. The van der Waals surface area contributed by atoms with E-state index in [1.54, 1.807) is 0 Å². The van der Waals surface area contributed by atoms with E-state index >= 15 is 0 Å². The minimum Gasteiger partial charge on any atom is -0.281 e. The lowest BCUT2D eigenvalue weighted by molar-refractivity contribution is 0.520. The highest BCUT2D eigenvalue weighted by Crippen LogP contribution is 2.21. The molecule has 18 heavy (non-hydrogen) atoms. The monoisotopic (exact) mass is 296 g/mol. The SMILES string of the molecule is CN(C)S(=O)(=O)c1ccc(F)c(NS(C)(=O)=O)c1. The zero-order valence-corrected chi connectivity index (χ0v) is 11.6. The van der Waals surface area contributed by atoms with Crippen LogP contribution in [0.15, 0.2) is 23.1 Å². The van der Waals surface area contributed by atoms with Gasteiger partial charge in [-0.2, -0.15) is 0 Å². The maximum Gasteiger partial charge on any atom is 0.242 e. The first-order chi connectivity index (χ1) is 8.04. The van der Waals surface area contributed by atoms with Gasteiger partial charge in [-0.15, -0.1) is 0 Å². The smallest absolute Gasteiger partial charge is 0.242 e. The van der Waals surface area contributed by atoms with Crippen LogP contribution in [0.1, 0.15) is 0 Å². The Morgan fingerprint density at radius 3 is 2.17 bits per heavy atom. The molecular weight excluding hydrogens is 283 g/mol. The van der Waals surface area contributed by atoms with E-state index in [0.717, 1.165) is 28.8 Å². The topological polar surface area (TPSA) is 83.6 Å². The van der Waals surface area contributed by atoms with Gasteiger partial charge in [0.2, 0.25) is 20.0 Å². The van der Waals surface area contributed by atoms with Crippen LogP contribution in [-0.2, 0) is 20.0 Å². The molecule has 6 nitrogen and oxygen atoms in total.